The molecular formula is C11H16N6O2S. The Bertz CT molecular complexity index is 629. The van der Waals surface area contributed by atoms with Gasteiger partial charge in [-0.3, -0.25) is 0 Å². The molecule has 0 aromatic carbocycles. The minimum Gasteiger partial charge on any atom is -0.480 e. The lowest BCUT2D eigenvalue weighted by Crippen LogP contribution is -2.32. The summed E-state index contributed by atoms with van der Waals surface area (Å²) in [4.78, 5) is 23.6. The minimum atomic E-state index is -0.945. The van der Waals surface area contributed by atoms with Crippen LogP contribution in [0, 0.1) is 0 Å². The lowest BCUT2D eigenvalue weighted by Gasteiger charge is -2.14. The van der Waals surface area contributed by atoms with E-state index in [0.717, 1.165) is 0 Å². The number of hydrogen-bond donors (Lipinski definition) is 3. The normalized spacial score (nSPS) is 12.5. The maximum Gasteiger partial charge on any atom is 0.327 e. The summed E-state index contributed by atoms with van der Waals surface area (Å²) in [5, 5.41) is 12.1. The molecule has 0 aliphatic rings. The Morgan fingerprint density at radius 2 is 2.35 bits per heavy atom. The largest absolute Gasteiger partial charge is 0.480 e. The van der Waals surface area contributed by atoms with E-state index in [-0.39, 0.29) is 5.95 Å². The molecule has 8 nitrogen and oxygen atoms in total. The Hall–Kier alpha value is -2.03. The number of nitrogens with two attached hydrogens (primary N) is 1. The van der Waals surface area contributed by atoms with E-state index in [1.807, 2.05) is 17.7 Å². The van der Waals surface area contributed by atoms with Crippen LogP contribution in [-0.2, 0) is 11.3 Å². The number of aryl methyl sites for hydroxylation is 1. The summed E-state index contributed by atoms with van der Waals surface area (Å²) >= 11 is 1.43. The van der Waals surface area contributed by atoms with Crippen LogP contribution in [0.5, 0.6) is 0 Å². The molecule has 2 heterocycles. The Morgan fingerprint density at radius 3 is 2.95 bits per heavy atom. The third-order valence-corrected chi connectivity index (χ3v) is 3.43. The predicted octanol–water partition coefficient (Wildman–Crippen LogP) is 0.656. The standard InChI is InChI=1S/C11H16N6O2S/c1-3-17-5-13-7-8(15-11(12)16-9(7)17)14-6(4-20-2)10(18)19/h5-6H,3-4H2,1-2H3,(H,18,19)(H3,12,14,15,16). The summed E-state index contributed by atoms with van der Waals surface area (Å²) in [6.07, 6.45) is 3.47. The van der Waals surface area contributed by atoms with Crippen molar-refractivity contribution in [1.82, 2.24) is 19.5 Å². The molecule has 0 radical (unpaired) electrons. The smallest absolute Gasteiger partial charge is 0.327 e. The summed E-state index contributed by atoms with van der Waals surface area (Å²) in [6, 6.07) is -0.755. The van der Waals surface area contributed by atoms with Crippen LogP contribution in [0.4, 0.5) is 11.8 Å². The molecule has 0 fully saturated rings. The number of carboxylic acid groups (broad SMARTS) is 1. The Morgan fingerprint density at radius 1 is 1.60 bits per heavy atom. The Kier molecular flexibility index (Phi) is 4.28. The second-order valence-corrected chi connectivity index (χ2v) is 5.03. The average Bonchev–Trinajstić information content (AvgIpc) is 2.80. The van der Waals surface area contributed by atoms with Gasteiger partial charge in [0.15, 0.2) is 17.0 Å². The fraction of sp³-hybridized carbons (Fsp3) is 0.455. The van der Waals surface area contributed by atoms with Crippen LogP contribution in [0.1, 0.15) is 6.92 Å². The number of hydrogen-bond acceptors (Lipinski definition) is 7. The van der Waals surface area contributed by atoms with Crippen LogP contribution in [0.25, 0.3) is 11.2 Å². The molecule has 2 aromatic heterocycles. The molecule has 4 N–H and O–H groups in total. The van der Waals surface area contributed by atoms with Gasteiger partial charge in [0.2, 0.25) is 5.95 Å². The number of imidazole rings is 1. The van der Waals surface area contributed by atoms with Gasteiger partial charge in [-0.25, -0.2) is 9.78 Å². The van der Waals surface area contributed by atoms with E-state index in [0.29, 0.717) is 29.3 Å². The zero-order valence-corrected chi connectivity index (χ0v) is 12.0. The predicted molar refractivity (Wildman–Crippen MR) is 78.8 cm³/mol. The lowest BCUT2D eigenvalue weighted by atomic mass is 10.3. The number of anilines is 2. The number of aromatic nitrogens is 4. The van der Waals surface area contributed by atoms with Gasteiger partial charge >= 0.3 is 5.97 Å². The van der Waals surface area contributed by atoms with E-state index in [1.165, 1.54) is 11.8 Å². The third kappa shape index (κ3) is 2.77. The Balaban J connectivity index is 2.43. The van der Waals surface area contributed by atoms with Crippen LogP contribution in [0.3, 0.4) is 0 Å². The molecule has 0 saturated carbocycles. The summed E-state index contributed by atoms with van der Waals surface area (Å²) < 4.78 is 1.82. The first-order chi connectivity index (χ1) is 9.56. The number of carbonyl (C=O) groups is 1. The SMILES string of the molecule is CCn1cnc2c(NC(CSC)C(=O)O)nc(N)nc21. The average molecular weight is 296 g/mol. The van der Waals surface area contributed by atoms with Crippen molar-refractivity contribution in [3.05, 3.63) is 6.33 Å². The molecule has 0 amide bonds. The van der Waals surface area contributed by atoms with Crippen molar-refractivity contribution < 1.29 is 9.90 Å². The maximum absolute atomic E-state index is 11.2. The second-order valence-electron chi connectivity index (χ2n) is 4.12. The quantitative estimate of drug-likeness (QED) is 0.711. The highest BCUT2D eigenvalue weighted by Crippen LogP contribution is 2.21. The molecule has 1 unspecified atom stereocenters. The van der Waals surface area contributed by atoms with Gasteiger partial charge in [0.05, 0.1) is 6.33 Å². The van der Waals surface area contributed by atoms with Crippen molar-refractivity contribution in [2.24, 2.45) is 0 Å². The van der Waals surface area contributed by atoms with Crippen molar-refractivity contribution in [3.8, 4) is 0 Å². The second kappa shape index (κ2) is 5.95. The van der Waals surface area contributed by atoms with Crippen molar-refractivity contribution in [2.45, 2.75) is 19.5 Å². The number of nitrogen functional groups attached to an aromatic ring is 1. The first-order valence-electron chi connectivity index (χ1n) is 6.03. The summed E-state index contributed by atoms with van der Waals surface area (Å²) in [5.74, 6) is -0.0980. The van der Waals surface area contributed by atoms with Crippen LogP contribution in [-0.4, -0.2) is 48.6 Å². The van der Waals surface area contributed by atoms with Crippen molar-refractivity contribution in [1.29, 1.82) is 0 Å². The number of fused-ring (bicyclic) bond motifs is 1. The van der Waals surface area contributed by atoms with Gasteiger partial charge in [-0.15, -0.1) is 0 Å². The monoisotopic (exact) mass is 296 g/mol. The molecule has 0 saturated heterocycles. The first kappa shape index (κ1) is 14.4. The van der Waals surface area contributed by atoms with Crippen molar-refractivity contribution >= 4 is 40.7 Å². The van der Waals surface area contributed by atoms with Crippen LogP contribution >= 0.6 is 11.8 Å². The van der Waals surface area contributed by atoms with Crippen molar-refractivity contribution in [2.75, 3.05) is 23.1 Å². The fourth-order valence-corrected chi connectivity index (χ4v) is 2.36. The van der Waals surface area contributed by atoms with Crippen LogP contribution in [0.15, 0.2) is 6.33 Å². The topological polar surface area (TPSA) is 119 Å². The van der Waals surface area contributed by atoms with Crippen molar-refractivity contribution in [3.63, 3.8) is 0 Å². The molecule has 108 valence electrons. The molecule has 0 bridgehead atoms. The molecule has 1 atom stereocenters. The lowest BCUT2D eigenvalue weighted by molar-refractivity contribution is -0.137. The molecule has 20 heavy (non-hydrogen) atoms. The van der Waals surface area contributed by atoms with Crippen LogP contribution < -0.4 is 11.1 Å². The molecule has 0 aliphatic carbocycles. The maximum atomic E-state index is 11.2. The van der Waals surface area contributed by atoms with Gasteiger partial charge in [-0.2, -0.15) is 21.7 Å². The molecule has 9 heteroatoms. The zero-order valence-electron chi connectivity index (χ0n) is 11.2. The van der Waals surface area contributed by atoms with E-state index in [2.05, 4.69) is 20.3 Å². The number of rotatable bonds is 6. The van der Waals surface area contributed by atoms with E-state index in [9.17, 15) is 9.90 Å². The molecule has 0 aliphatic heterocycles. The van der Waals surface area contributed by atoms with Gasteiger partial charge < -0.3 is 20.7 Å². The first-order valence-corrected chi connectivity index (χ1v) is 7.42. The van der Waals surface area contributed by atoms with Gasteiger partial charge in [-0.05, 0) is 13.2 Å². The van der Waals surface area contributed by atoms with Gasteiger partial charge in [-0.1, -0.05) is 0 Å². The summed E-state index contributed by atoms with van der Waals surface area (Å²) in [7, 11) is 0. The molecule has 2 rings (SSSR count). The number of nitrogens with zero attached hydrogens (tertiary/aromatic N) is 4. The van der Waals surface area contributed by atoms with E-state index in [4.69, 9.17) is 5.73 Å². The molecule has 0 spiro atoms. The van der Waals surface area contributed by atoms with Gasteiger partial charge in [0, 0.05) is 12.3 Å². The zero-order chi connectivity index (χ0) is 14.7. The van der Waals surface area contributed by atoms with E-state index in [1.54, 1.807) is 6.33 Å². The van der Waals surface area contributed by atoms with E-state index < -0.39 is 12.0 Å². The number of nitrogens with one attached hydrogen (secondary N) is 1. The summed E-state index contributed by atoms with van der Waals surface area (Å²) in [6.45, 7) is 2.65. The fourth-order valence-electron chi connectivity index (χ4n) is 1.80. The highest BCUT2D eigenvalue weighted by atomic mass is 32.2. The minimum absolute atomic E-state index is 0.0866. The van der Waals surface area contributed by atoms with E-state index >= 15 is 0 Å². The highest BCUT2D eigenvalue weighted by Gasteiger charge is 2.20. The number of carboxylic acids is 1. The Labute approximate surface area is 119 Å². The van der Waals surface area contributed by atoms with Gasteiger partial charge in [0.1, 0.15) is 6.04 Å². The van der Waals surface area contributed by atoms with Crippen LogP contribution in [0.2, 0.25) is 0 Å². The van der Waals surface area contributed by atoms with Gasteiger partial charge in [0.25, 0.3) is 0 Å². The highest BCUT2D eigenvalue weighted by molar-refractivity contribution is 7.98. The number of thioether (sulfide) groups is 1. The molecule has 2 aromatic rings. The molecular weight excluding hydrogens is 280 g/mol. The summed E-state index contributed by atoms with van der Waals surface area (Å²) in [5.41, 5.74) is 6.79. The number of aliphatic carboxylic acids is 1. The third-order valence-electron chi connectivity index (χ3n) is 2.76.